The average Bonchev–Trinajstić information content (AvgIpc) is 2.85. The van der Waals surface area contributed by atoms with E-state index in [1.54, 1.807) is 55.5 Å². The lowest BCUT2D eigenvalue weighted by Crippen LogP contribution is -2.38. The Kier molecular flexibility index (Phi) is 9.39. The molecule has 0 aliphatic rings. The van der Waals surface area contributed by atoms with Crippen molar-refractivity contribution in [2.75, 3.05) is 45.7 Å². The molecule has 2 N–H and O–H groups in total. The van der Waals surface area contributed by atoms with Crippen LogP contribution < -0.4 is 20.3 Å². The van der Waals surface area contributed by atoms with Crippen molar-refractivity contribution in [2.45, 2.75) is 26.8 Å². The highest BCUT2D eigenvalue weighted by Crippen LogP contribution is 2.31. The maximum Gasteiger partial charge on any atom is 0.322 e. The molecule has 188 valence electrons. The van der Waals surface area contributed by atoms with Crippen molar-refractivity contribution in [1.82, 2.24) is 14.8 Å². The Morgan fingerprint density at radius 1 is 1.03 bits per heavy atom. The number of carbonyl (C=O) groups is 1. The molecule has 2 amide bonds. The number of carbonyl (C=O) groups excluding carboxylic acids is 1. The van der Waals surface area contributed by atoms with E-state index >= 15 is 0 Å². The lowest BCUT2D eigenvalue weighted by Gasteiger charge is -2.25. The molecule has 9 heteroatoms. The van der Waals surface area contributed by atoms with E-state index in [4.69, 9.17) is 21.1 Å². The van der Waals surface area contributed by atoms with Crippen LogP contribution in [-0.4, -0.2) is 61.2 Å². The van der Waals surface area contributed by atoms with Gasteiger partial charge in [0.05, 0.1) is 26.3 Å². The van der Waals surface area contributed by atoms with Crippen LogP contribution in [0.15, 0.2) is 47.3 Å². The smallest absolute Gasteiger partial charge is 0.322 e. The fourth-order valence-electron chi connectivity index (χ4n) is 3.95. The number of benzene rings is 2. The Morgan fingerprint density at radius 2 is 1.74 bits per heavy atom. The van der Waals surface area contributed by atoms with Gasteiger partial charge in [0, 0.05) is 34.3 Å². The first-order valence-electron chi connectivity index (χ1n) is 11.7. The molecular formula is C26H33ClN4O4. The van der Waals surface area contributed by atoms with Crippen LogP contribution in [-0.2, 0) is 6.54 Å². The van der Waals surface area contributed by atoms with Crippen LogP contribution in [0.5, 0.6) is 11.5 Å². The van der Waals surface area contributed by atoms with Crippen LogP contribution in [0.3, 0.4) is 0 Å². The SMILES string of the molecule is CCN(CC)CCCN(Cc1cc2cc(OC)c(OC)cc2[nH]c1=O)C(=O)Nc1cccc(Cl)c1. The van der Waals surface area contributed by atoms with Crippen LogP contribution in [0.25, 0.3) is 10.9 Å². The van der Waals surface area contributed by atoms with Gasteiger partial charge in [-0.3, -0.25) is 4.79 Å². The van der Waals surface area contributed by atoms with E-state index < -0.39 is 0 Å². The summed E-state index contributed by atoms with van der Waals surface area (Å²) >= 11 is 6.08. The maximum absolute atomic E-state index is 13.2. The second kappa shape index (κ2) is 12.5. The van der Waals surface area contributed by atoms with Gasteiger partial charge in [0.1, 0.15) is 0 Å². The lowest BCUT2D eigenvalue weighted by molar-refractivity contribution is 0.202. The van der Waals surface area contributed by atoms with E-state index in [-0.39, 0.29) is 18.1 Å². The van der Waals surface area contributed by atoms with Gasteiger partial charge < -0.3 is 29.6 Å². The highest BCUT2D eigenvalue weighted by Gasteiger charge is 2.18. The number of rotatable bonds is 11. The summed E-state index contributed by atoms with van der Waals surface area (Å²) < 4.78 is 10.7. The van der Waals surface area contributed by atoms with Crippen molar-refractivity contribution in [3.05, 3.63) is 63.4 Å². The number of halogens is 1. The van der Waals surface area contributed by atoms with Gasteiger partial charge in [0.15, 0.2) is 11.5 Å². The highest BCUT2D eigenvalue weighted by atomic mass is 35.5. The molecule has 3 aromatic rings. The molecule has 35 heavy (non-hydrogen) atoms. The normalized spacial score (nSPS) is 11.0. The van der Waals surface area contributed by atoms with Crippen LogP contribution in [0.1, 0.15) is 25.8 Å². The van der Waals surface area contributed by atoms with Gasteiger partial charge in [0.2, 0.25) is 0 Å². The van der Waals surface area contributed by atoms with Crippen LogP contribution in [0, 0.1) is 0 Å². The number of ether oxygens (including phenoxy) is 2. The van der Waals surface area contributed by atoms with Gasteiger partial charge in [-0.05, 0) is 56.4 Å². The molecule has 0 radical (unpaired) electrons. The number of amides is 2. The summed E-state index contributed by atoms with van der Waals surface area (Å²) in [6, 6.07) is 12.0. The van der Waals surface area contributed by atoms with E-state index in [0.29, 0.717) is 39.8 Å². The molecule has 0 unspecified atom stereocenters. The van der Waals surface area contributed by atoms with E-state index in [1.165, 1.54) is 0 Å². The molecule has 0 spiro atoms. The third-order valence-corrected chi connectivity index (χ3v) is 6.18. The monoisotopic (exact) mass is 500 g/mol. The number of pyridine rings is 1. The molecule has 0 fully saturated rings. The number of methoxy groups -OCH3 is 2. The number of aromatic amines is 1. The zero-order chi connectivity index (χ0) is 25.4. The number of nitrogens with zero attached hydrogens (tertiary/aromatic N) is 2. The maximum atomic E-state index is 13.2. The van der Waals surface area contributed by atoms with E-state index in [1.807, 2.05) is 6.07 Å². The van der Waals surface area contributed by atoms with Crippen molar-refractivity contribution in [2.24, 2.45) is 0 Å². The van der Waals surface area contributed by atoms with Gasteiger partial charge in [0.25, 0.3) is 5.56 Å². The summed E-state index contributed by atoms with van der Waals surface area (Å²) in [4.78, 5) is 33.0. The minimum absolute atomic E-state index is 0.157. The molecule has 2 aromatic carbocycles. The largest absolute Gasteiger partial charge is 0.493 e. The predicted molar refractivity (Wildman–Crippen MR) is 141 cm³/mol. The summed E-state index contributed by atoms with van der Waals surface area (Å²) in [7, 11) is 3.11. The molecule has 0 saturated carbocycles. The standard InChI is InChI=1S/C26H33ClN4O4/c1-5-30(6-2)11-8-12-31(26(33)28-21-10-7-9-20(27)15-21)17-19-13-18-14-23(34-3)24(35-4)16-22(18)29-25(19)32/h7,9-10,13-16H,5-6,8,11-12,17H2,1-4H3,(H,28,33)(H,29,32). The van der Waals surface area contributed by atoms with Gasteiger partial charge in [-0.2, -0.15) is 0 Å². The van der Waals surface area contributed by atoms with E-state index in [9.17, 15) is 9.59 Å². The quantitative estimate of drug-likeness (QED) is 0.388. The fourth-order valence-corrected chi connectivity index (χ4v) is 4.14. The second-order valence-electron chi connectivity index (χ2n) is 8.16. The van der Waals surface area contributed by atoms with Crippen molar-refractivity contribution in [3.63, 3.8) is 0 Å². The Morgan fingerprint density at radius 3 is 2.40 bits per heavy atom. The molecule has 8 nitrogen and oxygen atoms in total. The Labute approximate surface area is 210 Å². The number of anilines is 1. The summed E-state index contributed by atoms with van der Waals surface area (Å²) in [5.74, 6) is 1.09. The zero-order valence-electron chi connectivity index (χ0n) is 20.7. The molecule has 0 atom stereocenters. The fraction of sp³-hybridized carbons (Fsp3) is 0.385. The number of urea groups is 1. The molecule has 0 aliphatic carbocycles. The molecule has 1 aromatic heterocycles. The topological polar surface area (TPSA) is 86.9 Å². The summed E-state index contributed by atoms with van der Waals surface area (Å²) in [6.45, 7) is 7.63. The Balaban J connectivity index is 1.87. The highest BCUT2D eigenvalue weighted by molar-refractivity contribution is 6.30. The number of H-pyrrole nitrogens is 1. The summed E-state index contributed by atoms with van der Waals surface area (Å²) in [6.07, 6.45) is 0.779. The molecular weight excluding hydrogens is 468 g/mol. The number of fused-ring (bicyclic) bond motifs is 1. The first-order chi connectivity index (χ1) is 16.9. The first kappa shape index (κ1) is 26.4. The summed E-state index contributed by atoms with van der Waals surface area (Å²) in [5, 5.41) is 4.22. The average molecular weight is 501 g/mol. The van der Waals surface area contributed by atoms with Crippen molar-refractivity contribution < 1.29 is 14.3 Å². The van der Waals surface area contributed by atoms with E-state index in [2.05, 4.69) is 29.0 Å². The van der Waals surface area contributed by atoms with Gasteiger partial charge >= 0.3 is 6.03 Å². The van der Waals surface area contributed by atoms with Crippen LogP contribution in [0.4, 0.5) is 10.5 Å². The Bertz CT molecular complexity index is 1210. The third kappa shape index (κ3) is 6.90. The Hall–Kier alpha value is -3.23. The molecule has 0 bridgehead atoms. The zero-order valence-corrected chi connectivity index (χ0v) is 21.4. The summed E-state index contributed by atoms with van der Waals surface area (Å²) in [5.41, 5.74) is 1.45. The van der Waals surface area contributed by atoms with Crippen LogP contribution in [0.2, 0.25) is 5.02 Å². The minimum Gasteiger partial charge on any atom is -0.493 e. The molecule has 3 rings (SSSR count). The minimum atomic E-state index is -0.293. The molecule has 0 saturated heterocycles. The van der Waals surface area contributed by atoms with Crippen molar-refractivity contribution in [3.8, 4) is 11.5 Å². The molecule has 0 aliphatic heterocycles. The second-order valence-corrected chi connectivity index (χ2v) is 8.60. The molecule has 1 heterocycles. The van der Waals surface area contributed by atoms with Crippen molar-refractivity contribution >= 4 is 34.2 Å². The first-order valence-corrected chi connectivity index (χ1v) is 12.1. The van der Waals surface area contributed by atoms with Gasteiger partial charge in [-0.25, -0.2) is 4.79 Å². The van der Waals surface area contributed by atoms with Crippen molar-refractivity contribution in [1.29, 1.82) is 0 Å². The lowest BCUT2D eigenvalue weighted by atomic mass is 10.1. The van der Waals surface area contributed by atoms with Crippen LogP contribution >= 0.6 is 11.6 Å². The number of aromatic nitrogens is 1. The third-order valence-electron chi connectivity index (χ3n) is 5.95. The van der Waals surface area contributed by atoms with E-state index in [0.717, 1.165) is 31.4 Å². The van der Waals surface area contributed by atoms with Gasteiger partial charge in [-0.1, -0.05) is 31.5 Å². The van der Waals surface area contributed by atoms with Gasteiger partial charge in [-0.15, -0.1) is 0 Å². The predicted octanol–water partition coefficient (Wildman–Crippen LogP) is 4.96. The number of nitrogens with one attached hydrogen (secondary N) is 2. The number of hydrogen-bond acceptors (Lipinski definition) is 5. The number of hydrogen-bond donors (Lipinski definition) is 2.